The van der Waals surface area contributed by atoms with E-state index >= 15 is 0 Å². The molecule has 6 nitrogen and oxygen atoms in total. The summed E-state index contributed by atoms with van der Waals surface area (Å²) < 4.78 is 18.2. The molecule has 0 unspecified atom stereocenters. The van der Waals surface area contributed by atoms with Crippen LogP contribution in [-0.2, 0) is 9.59 Å². The molecule has 1 heterocycles. The second-order valence-corrected chi connectivity index (χ2v) is 5.91. The second kappa shape index (κ2) is 7.86. The van der Waals surface area contributed by atoms with E-state index in [-0.39, 0.29) is 5.82 Å². The van der Waals surface area contributed by atoms with E-state index in [1.165, 1.54) is 24.1 Å². The number of benzene rings is 2. The van der Waals surface area contributed by atoms with Gasteiger partial charge in [-0.1, -0.05) is 12.1 Å². The Kier molecular flexibility index (Phi) is 5.36. The van der Waals surface area contributed by atoms with Crippen LogP contribution in [0.25, 0.3) is 0 Å². The number of rotatable bonds is 3. The zero-order chi connectivity index (χ0) is 18.5. The average molecular weight is 357 g/mol. The van der Waals surface area contributed by atoms with Crippen molar-refractivity contribution in [1.29, 1.82) is 0 Å². The first-order valence-electron chi connectivity index (χ1n) is 8.32. The van der Waals surface area contributed by atoms with E-state index in [0.717, 1.165) is 5.69 Å². The topological polar surface area (TPSA) is 61.9 Å². The number of piperazine rings is 1. The van der Waals surface area contributed by atoms with E-state index in [1.54, 1.807) is 36.4 Å². The lowest BCUT2D eigenvalue weighted by Crippen LogP contribution is -2.51. The van der Waals surface area contributed by atoms with Crippen LogP contribution in [0.15, 0.2) is 48.5 Å². The summed E-state index contributed by atoms with van der Waals surface area (Å²) in [4.78, 5) is 28.2. The van der Waals surface area contributed by atoms with Gasteiger partial charge >= 0.3 is 11.8 Å². The van der Waals surface area contributed by atoms with Gasteiger partial charge in [-0.3, -0.25) is 9.59 Å². The number of halogens is 1. The fraction of sp³-hybridized carbons (Fsp3) is 0.263. The predicted octanol–water partition coefficient (Wildman–Crippen LogP) is 2.12. The molecule has 7 heteroatoms. The van der Waals surface area contributed by atoms with Crippen LogP contribution in [0.1, 0.15) is 0 Å². The number of carbonyl (C=O) groups is 2. The van der Waals surface area contributed by atoms with E-state index in [1.807, 2.05) is 0 Å². The minimum atomic E-state index is -0.690. The fourth-order valence-corrected chi connectivity index (χ4v) is 2.89. The van der Waals surface area contributed by atoms with E-state index in [0.29, 0.717) is 37.6 Å². The summed E-state index contributed by atoms with van der Waals surface area (Å²) in [6.45, 7) is 2.02. The smallest absolute Gasteiger partial charge is 0.314 e. The summed E-state index contributed by atoms with van der Waals surface area (Å²) >= 11 is 0. The minimum Gasteiger partial charge on any atom is -0.495 e. The molecule has 1 aliphatic heterocycles. The Labute approximate surface area is 151 Å². The molecule has 0 spiro atoms. The van der Waals surface area contributed by atoms with Crippen molar-refractivity contribution < 1.29 is 18.7 Å². The van der Waals surface area contributed by atoms with Gasteiger partial charge in [0.05, 0.1) is 12.8 Å². The Balaban J connectivity index is 1.57. The summed E-state index contributed by atoms with van der Waals surface area (Å²) in [6.07, 6.45) is 0. The molecule has 0 aromatic heterocycles. The van der Waals surface area contributed by atoms with E-state index in [9.17, 15) is 14.0 Å². The predicted molar refractivity (Wildman–Crippen MR) is 96.8 cm³/mol. The molecule has 2 amide bonds. The maximum Gasteiger partial charge on any atom is 0.314 e. The van der Waals surface area contributed by atoms with Gasteiger partial charge in [-0.25, -0.2) is 4.39 Å². The van der Waals surface area contributed by atoms with Gasteiger partial charge in [0.1, 0.15) is 11.6 Å². The summed E-state index contributed by atoms with van der Waals surface area (Å²) in [5.74, 6) is -1.05. The van der Waals surface area contributed by atoms with E-state index in [4.69, 9.17) is 4.74 Å². The quantitative estimate of drug-likeness (QED) is 0.855. The molecular weight excluding hydrogens is 337 g/mol. The van der Waals surface area contributed by atoms with Crippen molar-refractivity contribution in [2.24, 2.45) is 0 Å². The van der Waals surface area contributed by atoms with Crippen LogP contribution >= 0.6 is 0 Å². The molecule has 0 bridgehead atoms. The lowest BCUT2D eigenvalue weighted by atomic mass is 10.2. The molecule has 3 rings (SSSR count). The maximum absolute atomic E-state index is 13.0. The van der Waals surface area contributed by atoms with Crippen molar-refractivity contribution in [3.63, 3.8) is 0 Å². The number of para-hydroxylation sites is 2. The molecular formula is C19H20FN3O3. The molecule has 1 aliphatic rings. The first kappa shape index (κ1) is 17.7. The molecule has 136 valence electrons. The first-order chi connectivity index (χ1) is 12.6. The first-order valence-corrected chi connectivity index (χ1v) is 8.32. The SMILES string of the molecule is COc1ccccc1NC(=O)C(=O)N1CCN(c2ccc(F)cc2)CC1. The monoisotopic (exact) mass is 357 g/mol. The Morgan fingerprint density at radius 1 is 1.00 bits per heavy atom. The number of methoxy groups -OCH3 is 1. The maximum atomic E-state index is 13.0. The van der Waals surface area contributed by atoms with Crippen LogP contribution in [0.5, 0.6) is 5.75 Å². The molecule has 0 aliphatic carbocycles. The molecule has 0 atom stereocenters. The number of ether oxygens (including phenoxy) is 1. The van der Waals surface area contributed by atoms with Gasteiger partial charge in [0, 0.05) is 31.9 Å². The van der Waals surface area contributed by atoms with Crippen molar-refractivity contribution in [2.45, 2.75) is 0 Å². The highest BCUT2D eigenvalue weighted by Crippen LogP contribution is 2.23. The summed E-state index contributed by atoms with van der Waals surface area (Å²) in [5, 5.41) is 2.60. The van der Waals surface area contributed by atoms with Gasteiger partial charge in [-0.05, 0) is 36.4 Å². The van der Waals surface area contributed by atoms with Gasteiger partial charge in [0.2, 0.25) is 0 Å². The molecule has 1 fully saturated rings. The third kappa shape index (κ3) is 3.93. The van der Waals surface area contributed by atoms with Crippen LogP contribution in [0.4, 0.5) is 15.8 Å². The molecule has 1 saturated heterocycles. The number of hydrogen-bond acceptors (Lipinski definition) is 4. The lowest BCUT2D eigenvalue weighted by Gasteiger charge is -2.35. The molecule has 0 saturated carbocycles. The largest absolute Gasteiger partial charge is 0.495 e. The number of nitrogens with zero attached hydrogens (tertiary/aromatic N) is 2. The van der Waals surface area contributed by atoms with Gasteiger partial charge < -0.3 is 19.9 Å². The highest BCUT2D eigenvalue weighted by atomic mass is 19.1. The highest BCUT2D eigenvalue weighted by Gasteiger charge is 2.26. The third-order valence-electron chi connectivity index (χ3n) is 4.31. The van der Waals surface area contributed by atoms with Crippen molar-refractivity contribution in [1.82, 2.24) is 4.90 Å². The molecule has 26 heavy (non-hydrogen) atoms. The number of carbonyl (C=O) groups excluding carboxylic acids is 2. The summed E-state index contributed by atoms with van der Waals surface area (Å²) in [6, 6.07) is 13.2. The van der Waals surface area contributed by atoms with Crippen LogP contribution in [0, 0.1) is 5.82 Å². The standard InChI is InChI=1S/C19H20FN3O3/c1-26-17-5-3-2-4-16(17)21-18(24)19(25)23-12-10-22(11-13-23)15-8-6-14(20)7-9-15/h2-9H,10-13H2,1H3,(H,21,24). The normalized spacial score (nSPS) is 14.1. The zero-order valence-corrected chi connectivity index (χ0v) is 14.4. The van der Waals surface area contributed by atoms with Crippen molar-refractivity contribution >= 4 is 23.2 Å². The Morgan fingerprint density at radius 2 is 1.65 bits per heavy atom. The number of nitrogens with one attached hydrogen (secondary N) is 1. The average Bonchev–Trinajstić information content (AvgIpc) is 2.68. The molecule has 2 aromatic carbocycles. The lowest BCUT2D eigenvalue weighted by molar-refractivity contribution is -0.143. The van der Waals surface area contributed by atoms with E-state index in [2.05, 4.69) is 10.2 Å². The number of anilines is 2. The van der Waals surface area contributed by atoms with Gasteiger partial charge in [0.15, 0.2) is 0 Å². The number of hydrogen-bond donors (Lipinski definition) is 1. The molecule has 0 radical (unpaired) electrons. The summed E-state index contributed by atoms with van der Waals surface area (Å²) in [5.41, 5.74) is 1.36. The van der Waals surface area contributed by atoms with Crippen molar-refractivity contribution in [2.75, 3.05) is 43.5 Å². The van der Waals surface area contributed by atoms with Crippen LogP contribution in [0.2, 0.25) is 0 Å². The fourth-order valence-electron chi connectivity index (χ4n) is 2.89. The van der Waals surface area contributed by atoms with Crippen LogP contribution in [-0.4, -0.2) is 50.0 Å². The van der Waals surface area contributed by atoms with Crippen molar-refractivity contribution in [3.8, 4) is 5.75 Å². The van der Waals surface area contributed by atoms with Crippen LogP contribution in [0.3, 0.4) is 0 Å². The van der Waals surface area contributed by atoms with Crippen molar-refractivity contribution in [3.05, 3.63) is 54.3 Å². The Bertz CT molecular complexity index is 787. The zero-order valence-electron chi connectivity index (χ0n) is 14.4. The molecule has 1 N–H and O–H groups in total. The Morgan fingerprint density at radius 3 is 2.31 bits per heavy atom. The van der Waals surface area contributed by atoms with Crippen LogP contribution < -0.4 is 15.0 Å². The summed E-state index contributed by atoms with van der Waals surface area (Å²) in [7, 11) is 1.50. The van der Waals surface area contributed by atoms with Gasteiger partial charge in [0.25, 0.3) is 0 Å². The van der Waals surface area contributed by atoms with Gasteiger partial charge in [-0.2, -0.15) is 0 Å². The minimum absolute atomic E-state index is 0.282. The third-order valence-corrected chi connectivity index (χ3v) is 4.31. The Hall–Kier alpha value is -3.09. The second-order valence-electron chi connectivity index (χ2n) is 5.91. The van der Waals surface area contributed by atoms with Gasteiger partial charge in [-0.15, -0.1) is 0 Å². The van der Waals surface area contributed by atoms with E-state index < -0.39 is 11.8 Å². The highest BCUT2D eigenvalue weighted by molar-refractivity contribution is 6.39. The number of amides is 2. The molecule has 2 aromatic rings.